The Morgan fingerprint density at radius 2 is 1.95 bits per heavy atom. The maximum Gasteiger partial charge on any atom is 0.106 e. The number of nitrogens with two attached hydrogens (primary N) is 1. The fourth-order valence-electron chi connectivity index (χ4n) is 3.18. The molecule has 0 aliphatic heterocycles. The van der Waals surface area contributed by atoms with Gasteiger partial charge < -0.3 is 10.3 Å². The van der Waals surface area contributed by atoms with E-state index in [0.29, 0.717) is 6.54 Å². The lowest BCUT2D eigenvalue weighted by molar-refractivity contribution is 0.537. The van der Waals surface area contributed by atoms with Crippen molar-refractivity contribution in [2.75, 3.05) is 6.54 Å². The van der Waals surface area contributed by atoms with E-state index in [1.165, 1.54) is 29.8 Å². The Morgan fingerprint density at radius 3 is 2.68 bits per heavy atom. The molecule has 0 radical (unpaired) electrons. The topological polar surface area (TPSA) is 43.8 Å². The average molecular weight is 255 g/mol. The van der Waals surface area contributed by atoms with Crippen LogP contribution in [0.1, 0.15) is 41.7 Å². The highest BCUT2D eigenvalue weighted by Gasteiger charge is 2.23. The van der Waals surface area contributed by atoms with Crippen LogP contribution in [0, 0.1) is 6.92 Å². The summed E-state index contributed by atoms with van der Waals surface area (Å²) in [5, 5.41) is 0. The molecular weight excluding hydrogens is 234 g/mol. The Morgan fingerprint density at radius 1 is 1.21 bits per heavy atom. The Kier molecular flexibility index (Phi) is 3.38. The number of imidazole rings is 1. The van der Waals surface area contributed by atoms with Gasteiger partial charge in [-0.2, -0.15) is 0 Å². The molecule has 2 N–H and O–H groups in total. The first-order valence-electron chi connectivity index (χ1n) is 7.13. The van der Waals surface area contributed by atoms with Crippen LogP contribution in [0.2, 0.25) is 0 Å². The van der Waals surface area contributed by atoms with Crippen molar-refractivity contribution in [2.45, 2.75) is 38.6 Å². The van der Waals surface area contributed by atoms with Gasteiger partial charge in [-0.15, -0.1) is 0 Å². The van der Waals surface area contributed by atoms with E-state index in [0.717, 1.165) is 18.7 Å². The fraction of sp³-hybridized carbons (Fsp3) is 0.438. The van der Waals surface area contributed by atoms with Crippen molar-refractivity contribution < 1.29 is 0 Å². The van der Waals surface area contributed by atoms with Gasteiger partial charge in [0.15, 0.2) is 0 Å². The largest absolute Gasteiger partial charge is 0.328 e. The predicted molar refractivity (Wildman–Crippen MR) is 77.2 cm³/mol. The van der Waals surface area contributed by atoms with E-state index in [2.05, 4.69) is 35.8 Å². The maximum atomic E-state index is 6.05. The molecule has 1 unspecified atom stereocenters. The third kappa shape index (κ3) is 2.19. The minimum atomic E-state index is 0.218. The van der Waals surface area contributed by atoms with Crippen LogP contribution in [0.25, 0.3) is 0 Å². The second-order valence-corrected chi connectivity index (χ2v) is 5.29. The van der Waals surface area contributed by atoms with Crippen molar-refractivity contribution in [1.82, 2.24) is 9.55 Å². The van der Waals surface area contributed by atoms with Gasteiger partial charge >= 0.3 is 0 Å². The Labute approximate surface area is 114 Å². The van der Waals surface area contributed by atoms with E-state index < -0.39 is 0 Å². The summed E-state index contributed by atoms with van der Waals surface area (Å²) in [5.41, 5.74) is 10.0. The monoisotopic (exact) mass is 255 g/mol. The molecule has 0 amide bonds. The molecule has 0 fully saturated rings. The van der Waals surface area contributed by atoms with E-state index in [1.807, 2.05) is 6.07 Å². The van der Waals surface area contributed by atoms with Gasteiger partial charge in [0.05, 0.1) is 11.7 Å². The summed E-state index contributed by atoms with van der Waals surface area (Å²) in [6.07, 6.45) is 4.79. The van der Waals surface area contributed by atoms with Crippen molar-refractivity contribution in [3.05, 3.63) is 53.1 Å². The number of benzene rings is 1. The molecule has 0 saturated heterocycles. The van der Waals surface area contributed by atoms with Crippen LogP contribution in [0.4, 0.5) is 0 Å². The molecule has 1 heterocycles. The molecule has 1 aromatic carbocycles. The smallest absolute Gasteiger partial charge is 0.106 e. The number of nitrogens with zero attached hydrogens (tertiary/aromatic N) is 2. The van der Waals surface area contributed by atoms with Crippen molar-refractivity contribution in [3.63, 3.8) is 0 Å². The summed E-state index contributed by atoms with van der Waals surface area (Å²) in [6.45, 7) is 2.72. The highest BCUT2D eigenvalue weighted by molar-refractivity contribution is 5.27. The van der Waals surface area contributed by atoms with Gasteiger partial charge in [0, 0.05) is 12.2 Å². The predicted octanol–water partition coefficient (Wildman–Crippen LogP) is 2.62. The minimum Gasteiger partial charge on any atom is -0.328 e. The van der Waals surface area contributed by atoms with E-state index >= 15 is 0 Å². The van der Waals surface area contributed by atoms with Gasteiger partial charge in [0.25, 0.3) is 0 Å². The Bertz CT molecular complexity index is 557. The molecule has 0 spiro atoms. The fourth-order valence-corrected chi connectivity index (χ4v) is 3.18. The quantitative estimate of drug-likeness (QED) is 0.916. The summed E-state index contributed by atoms with van der Waals surface area (Å²) in [5.74, 6) is 1.10. The van der Waals surface area contributed by atoms with Crippen molar-refractivity contribution in [3.8, 4) is 0 Å². The Balaban J connectivity index is 2.07. The molecule has 3 nitrogen and oxygen atoms in total. The molecule has 1 aromatic heterocycles. The van der Waals surface area contributed by atoms with Crippen molar-refractivity contribution >= 4 is 0 Å². The molecule has 0 saturated carbocycles. The number of hydrogen-bond donors (Lipinski definition) is 1. The molecule has 3 heteroatoms. The van der Waals surface area contributed by atoms with E-state index in [1.54, 1.807) is 0 Å². The zero-order valence-corrected chi connectivity index (χ0v) is 11.5. The highest BCUT2D eigenvalue weighted by Crippen LogP contribution is 2.28. The van der Waals surface area contributed by atoms with Crippen LogP contribution in [0.3, 0.4) is 0 Å². The normalized spacial score (nSPS) is 16.1. The van der Waals surface area contributed by atoms with E-state index in [4.69, 9.17) is 10.7 Å². The second kappa shape index (κ2) is 5.17. The summed E-state index contributed by atoms with van der Waals surface area (Å²) in [7, 11) is 0. The highest BCUT2D eigenvalue weighted by atomic mass is 15.1. The summed E-state index contributed by atoms with van der Waals surface area (Å²) < 4.78 is 2.36. The lowest BCUT2D eigenvalue weighted by Crippen LogP contribution is -2.24. The standard InChI is InChI=1S/C16H21N3/c1-12-18-14-9-5-6-10-15(14)19(12)16(11-17)13-7-3-2-4-8-13/h2-4,7-8,16H,5-6,9-11,17H2,1H3. The first kappa shape index (κ1) is 12.4. The first-order valence-corrected chi connectivity index (χ1v) is 7.13. The van der Waals surface area contributed by atoms with Crippen LogP contribution in [-0.4, -0.2) is 16.1 Å². The van der Waals surface area contributed by atoms with Gasteiger partial charge in [0.1, 0.15) is 5.82 Å². The molecule has 1 aliphatic carbocycles. The second-order valence-electron chi connectivity index (χ2n) is 5.29. The molecule has 3 rings (SSSR count). The number of fused-ring (bicyclic) bond motifs is 1. The molecule has 1 aliphatic rings. The summed E-state index contributed by atoms with van der Waals surface area (Å²) >= 11 is 0. The van der Waals surface area contributed by atoms with E-state index in [-0.39, 0.29) is 6.04 Å². The van der Waals surface area contributed by atoms with Gasteiger partial charge in [-0.3, -0.25) is 0 Å². The molecule has 2 aromatic rings. The number of hydrogen-bond acceptors (Lipinski definition) is 2. The number of rotatable bonds is 3. The lowest BCUT2D eigenvalue weighted by Gasteiger charge is -2.23. The molecule has 0 bridgehead atoms. The Hall–Kier alpha value is -1.61. The van der Waals surface area contributed by atoms with E-state index in [9.17, 15) is 0 Å². The summed E-state index contributed by atoms with van der Waals surface area (Å²) in [6, 6.07) is 10.7. The molecule has 100 valence electrons. The minimum absolute atomic E-state index is 0.218. The number of aromatic nitrogens is 2. The lowest BCUT2D eigenvalue weighted by atomic mass is 9.99. The maximum absolute atomic E-state index is 6.05. The van der Waals surface area contributed by atoms with Crippen molar-refractivity contribution in [1.29, 1.82) is 0 Å². The van der Waals surface area contributed by atoms with Crippen LogP contribution in [0.15, 0.2) is 30.3 Å². The first-order chi connectivity index (χ1) is 9.31. The SMILES string of the molecule is Cc1nc2c(n1C(CN)c1ccccc1)CCCC2. The molecular formula is C16H21N3. The molecule has 1 atom stereocenters. The van der Waals surface area contributed by atoms with Crippen LogP contribution in [-0.2, 0) is 12.8 Å². The zero-order chi connectivity index (χ0) is 13.2. The van der Waals surface area contributed by atoms with Crippen LogP contribution >= 0.6 is 0 Å². The summed E-state index contributed by atoms with van der Waals surface area (Å²) in [4.78, 5) is 4.75. The third-order valence-electron chi connectivity index (χ3n) is 4.07. The van der Waals surface area contributed by atoms with Gasteiger partial charge in [0.2, 0.25) is 0 Å². The van der Waals surface area contributed by atoms with Gasteiger partial charge in [-0.1, -0.05) is 30.3 Å². The van der Waals surface area contributed by atoms with Gasteiger partial charge in [-0.25, -0.2) is 4.98 Å². The molecule has 19 heavy (non-hydrogen) atoms. The third-order valence-corrected chi connectivity index (χ3v) is 4.07. The average Bonchev–Trinajstić information content (AvgIpc) is 2.78. The van der Waals surface area contributed by atoms with Crippen molar-refractivity contribution in [2.24, 2.45) is 5.73 Å². The zero-order valence-electron chi connectivity index (χ0n) is 11.5. The van der Waals surface area contributed by atoms with Gasteiger partial charge in [-0.05, 0) is 38.2 Å². The number of aryl methyl sites for hydroxylation is 2. The van der Waals surface area contributed by atoms with Crippen LogP contribution in [0.5, 0.6) is 0 Å². The van der Waals surface area contributed by atoms with Crippen LogP contribution < -0.4 is 5.73 Å².